The first kappa shape index (κ1) is 17.7. The number of aryl methyl sites for hydroxylation is 1. The third-order valence-electron chi connectivity index (χ3n) is 4.64. The fourth-order valence-corrected chi connectivity index (χ4v) is 3.41. The molecule has 0 spiro atoms. The lowest BCUT2D eigenvalue weighted by atomic mass is 9.94. The number of hydrogen-bond donors (Lipinski definition) is 1. The third kappa shape index (κ3) is 3.63. The van der Waals surface area contributed by atoms with Gasteiger partial charge in [-0.1, -0.05) is 0 Å². The molecule has 3 heterocycles. The number of carbonyl (C=O) groups excluding carboxylic acids is 1. The van der Waals surface area contributed by atoms with Gasteiger partial charge in [-0.05, 0) is 51.8 Å². The maximum absolute atomic E-state index is 12.3. The lowest BCUT2D eigenvalue weighted by molar-refractivity contribution is 0.0292. The Balaban J connectivity index is 1.88. The molecule has 2 aromatic rings. The summed E-state index contributed by atoms with van der Waals surface area (Å²) < 4.78 is 7.57. The molecular weight excluding hydrogens is 316 g/mol. The number of fused-ring (bicyclic) bond motifs is 1. The highest BCUT2D eigenvalue weighted by Crippen LogP contribution is 2.33. The van der Waals surface area contributed by atoms with Crippen LogP contribution in [0.5, 0.6) is 0 Å². The number of amides is 1. The predicted molar refractivity (Wildman–Crippen MR) is 98.5 cm³/mol. The van der Waals surface area contributed by atoms with Gasteiger partial charge in [0, 0.05) is 38.3 Å². The van der Waals surface area contributed by atoms with Crippen LogP contribution in [0.1, 0.15) is 57.3 Å². The number of pyridine rings is 1. The van der Waals surface area contributed by atoms with Crippen molar-refractivity contribution in [2.45, 2.75) is 51.7 Å². The smallest absolute Gasteiger partial charge is 0.410 e. The molecule has 1 aliphatic rings. The number of hydrogen-bond acceptors (Lipinski definition) is 4. The van der Waals surface area contributed by atoms with E-state index >= 15 is 0 Å². The molecule has 2 aromatic heterocycles. The average Bonchev–Trinajstić information content (AvgIpc) is 3.12. The van der Waals surface area contributed by atoms with E-state index in [4.69, 9.17) is 15.5 Å². The molecule has 6 nitrogen and oxygen atoms in total. The van der Waals surface area contributed by atoms with Crippen molar-refractivity contribution in [3.8, 4) is 0 Å². The number of likely N-dealkylation sites (tertiary alicyclic amines) is 1. The number of carbonyl (C=O) groups is 1. The Labute approximate surface area is 149 Å². The number of nitrogens with zero attached hydrogens (tertiary/aromatic N) is 3. The molecule has 0 radical (unpaired) electrons. The van der Waals surface area contributed by atoms with Gasteiger partial charge >= 0.3 is 6.09 Å². The van der Waals surface area contributed by atoms with Crippen molar-refractivity contribution < 1.29 is 9.53 Å². The van der Waals surface area contributed by atoms with Crippen molar-refractivity contribution in [1.82, 2.24) is 14.5 Å². The van der Waals surface area contributed by atoms with Gasteiger partial charge in [0.1, 0.15) is 5.60 Å². The van der Waals surface area contributed by atoms with Crippen molar-refractivity contribution in [2.75, 3.05) is 13.1 Å². The van der Waals surface area contributed by atoms with E-state index in [1.807, 2.05) is 47.0 Å². The molecule has 0 saturated carbocycles. The lowest BCUT2D eigenvalue weighted by Crippen LogP contribution is -2.35. The zero-order chi connectivity index (χ0) is 18.4. The van der Waals surface area contributed by atoms with E-state index in [0.29, 0.717) is 13.1 Å². The van der Waals surface area contributed by atoms with Gasteiger partial charge in [-0.2, -0.15) is 0 Å². The maximum atomic E-state index is 12.3. The number of aromatic nitrogens is 2. The second kappa shape index (κ2) is 6.33. The molecule has 3 rings (SSSR count). The summed E-state index contributed by atoms with van der Waals surface area (Å²) in [5.41, 5.74) is 9.83. The van der Waals surface area contributed by atoms with E-state index in [9.17, 15) is 4.79 Å². The summed E-state index contributed by atoms with van der Waals surface area (Å²) in [4.78, 5) is 18.9. The summed E-state index contributed by atoms with van der Waals surface area (Å²) in [5, 5.41) is 0. The minimum atomic E-state index is -0.477. The Kier molecular flexibility index (Phi) is 4.49. The normalized spacial score (nSPS) is 19.4. The Morgan fingerprint density at radius 2 is 2.16 bits per heavy atom. The molecule has 2 N–H and O–H groups in total. The molecule has 0 bridgehead atoms. The van der Waals surface area contributed by atoms with Crippen LogP contribution < -0.4 is 5.73 Å². The van der Waals surface area contributed by atoms with Gasteiger partial charge in [0.2, 0.25) is 0 Å². The Morgan fingerprint density at radius 3 is 2.80 bits per heavy atom. The molecule has 2 atom stereocenters. The molecular formula is C19H28N4O2. The van der Waals surface area contributed by atoms with Crippen LogP contribution in [0.4, 0.5) is 4.79 Å². The summed E-state index contributed by atoms with van der Waals surface area (Å²) in [6, 6.07) is 4.05. The molecule has 2 unspecified atom stereocenters. The topological polar surface area (TPSA) is 73.4 Å². The lowest BCUT2D eigenvalue weighted by Gasteiger charge is -2.24. The first-order valence-corrected chi connectivity index (χ1v) is 8.85. The van der Waals surface area contributed by atoms with Crippen LogP contribution in [-0.4, -0.2) is 39.2 Å². The minimum Gasteiger partial charge on any atom is -0.444 e. The number of nitrogens with two attached hydrogens (primary N) is 1. The highest BCUT2D eigenvalue weighted by Gasteiger charge is 2.32. The zero-order valence-corrected chi connectivity index (χ0v) is 15.7. The van der Waals surface area contributed by atoms with Crippen LogP contribution in [0.25, 0.3) is 11.0 Å². The van der Waals surface area contributed by atoms with Gasteiger partial charge in [-0.25, -0.2) is 9.78 Å². The first-order valence-electron chi connectivity index (χ1n) is 8.85. The summed E-state index contributed by atoms with van der Waals surface area (Å²) in [6.45, 7) is 8.97. The van der Waals surface area contributed by atoms with E-state index in [1.54, 1.807) is 4.90 Å². The number of rotatable bonds is 2. The standard InChI is InChI=1S/C19H28N4O2/c1-12(20)17-14(10-16-15(21-17)7-8-22(16)5)13-6-9-23(11-13)18(24)25-19(2,3)4/h7-8,10,12-13H,6,9,11,20H2,1-5H3. The fourth-order valence-electron chi connectivity index (χ4n) is 3.41. The highest BCUT2D eigenvalue weighted by molar-refractivity contribution is 5.77. The molecule has 6 heteroatoms. The summed E-state index contributed by atoms with van der Waals surface area (Å²) in [7, 11) is 2.01. The largest absolute Gasteiger partial charge is 0.444 e. The van der Waals surface area contributed by atoms with E-state index in [-0.39, 0.29) is 18.1 Å². The Morgan fingerprint density at radius 1 is 1.44 bits per heavy atom. The van der Waals surface area contributed by atoms with Crippen LogP contribution in [-0.2, 0) is 11.8 Å². The monoisotopic (exact) mass is 344 g/mol. The molecule has 0 aliphatic carbocycles. The quantitative estimate of drug-likeness (QED) is 0.907. The summed E-state index contributed by atoms with van der Waals surface area (Å²) in [6.07, 6.45) is 2.66. The van der Waals surface area contributed by atoms with Crippen LogP contribution in [0.15, 0.2) is 18.3 Å². The van der Waals surface area contributed by atoms with Crippen molar-refractivity contribution in [3.05, 3.63) is 29.6 Å². The van der Waals surface area contributed by atoms with Gasteiger partial charge in [-0.3, -0.25) is 0 Å². The highest BCUT2D eigenvalue weighted by atomic mass is 16.6. The minimum absolute atomic E-state index is 0.143. The van der Waals surface area contributed by atoms with Crippen molar-refractivity contribution >= 4 is 17.1 Å². The van der Waals surface area contributed by atoms with Crippen LogP contribution >= 0.6 is 0 Å². The molecule has 1 saturated heterocycles. The van der Waals surface area contributed by atoms with Crippen LogP contribution in [0, 0.1) is 0 Å². The van der Waals surface area contributed by atoms with Gasteiger partial charge in [0.05, 0.1) is 16.7 Å². The second-order valence-corrected chi connectivity index (χ2v) is 7.99. The summed E-state index contributed by atoms with van der Waals surface area (Å²) in [5.74, 6) is 0.236. The molecule has 1 aliphatic heterocycles. The Bertz CT molecular complexity index is 789. The van der Waals surface area contributed by atoms with E-state index in [0.717, 1.165) is 28.7 Å². The molecule has 1 fully saturated rings. The van der Waals surface area contributed by atoms with Crippen molar-refractivity contribution in [2.24, 2.45) is 12.8 Å². The molecule has 25 heavy (non-hydrogen) atoms. The molecule has 0 aromatic carbocycles. The zero-order valence-electron chi connectivity index (χ0n) is 15.7. The van der Waals surface area contributed by atoms with E-state index in [1.165, 1.54) is 0 Å². The first-order chi connectivity index (χ1) is 11.7. The van der Waals surface area contributed by atoms with Gasteiger partial charge < -0.3 is 19.9 Å². The second-order valence-electron chi connectivity index (χ2n) is 7.99. The predicted octanol–water partition coefficient (Wildman–Crippen LogP) is 3.32. The third-order valence-corrected chi connectivity index (χ3v) is 4.64. The van der Waals surface area contributed by atoms with Crippen molar-refractivity contribution in [1.29, 1.82) is 0 Å². The van der Waals surface area contributed by atoms with E-state index in [2.05, 4.69) is 10.6 Å². The van der Waals surface area contributed by atoms with Crippen LogP contribution in [0.3, 0.4) is 0 Å². The molecule has 1 amide bonds. The SMILES string of the molecule is CC(N)c1nc2ccn(C)c2cc1C1CCN(C(=O)OC(C)(C)C)C1. The average molecular weight is 344 g/mol. The fraction of sp³-hybridized carbons (Fsp3) is 0.579. The van der Waals surface area contributed by atoms with Crippen molar-refractivity contribution in [3.63, 3.8) is 0 Å². The van der Waals surface area contributed by atoms with Crippen LogP contribution in [0.2, 0.25) is 0 Å². The molecule has 136 valence electrons. The summed E-state index contributed by atoms with van der Waals surface area (Å²) >= 11 is 0. The Hall–Kier alpha value is -2.08. The maximum Gasteiger partial charge on any atom is 0.410 e. The van der Waals surface area contributed by atoms with E-state index < -0.39 is 5.60 Å². The van der Waals surface area contributed by atoms with Gasteiger partial charge in [0.15, 0.2) is 0 Å². The van der Waals surface area contributed by atoms with Gasteiger partial charge in [-0.15, -0.1) is 0 Å². The number of ether oxygens (including phenoxy) is 1. The van der Waals surface area contributed by atoms with Gasteiger partial charge in [0.25, 0.3) is 0 Å².